The highest BCUT2D eigenvalue weighted by atomic mass is 15.1. The van der Waals surface area contributed by atoms with Gasteiger partial charge < -0.3 is 10.3 Å². The number of rotatable bonds is 3. The second-order valence-corrected chi connectivity index (χ2v) is 5.97. The Morgan fingerprint density at radius 2 is 1.54 bits per heavy atom. The van der Waals surface area contributed by atoms with Gasteiger partial charge in [-0.05, 0) is 32.0 Å². The van der Waals surface area contributed by atoms with Crippen molar-refractivity contribution in [2.75, 3.05) is 5.32 Å². The number of aromatic nitrogens is 3. The minimum Gasteiger partial charge on any atom is -0.343 e. The maximum Gasteiger partial charge on any atom is 0.163 e. The van der Waals surface area contributed by atoms with Crippen LogP contribution in [-0.4, -0.2) is 15.0 Å². The van der Waals surface area contributed by atoms with Crippen LogP contribution in [0.25, 0.3) is 22.4 Å². The second-order valence-electron chi connectivity index (χ2n) is 5.97. The lowest BCUT2D eigenvalue weighted by Crippen LogP contribution is -1.98. The van der Waals surface area contributed by atoms with E-state index in [0.29, 0.717) is 5.82 Å². The number of nitrogens with zero attached hydrogens (tertiary/aromatic N) is 2. The Bertz CT molecular complexity index is 986. The fraction of sp³-hybridized carbons (Fsp3) is 0.182. The molecule has 0 atom stereocenters. The molecule has 0 unspecified atom stereocenters. The van der Waals surface area contributed by atoms with Crippen molar-refractivity contribution in [3.8, 4) is 11.4 Å². The van der Waals surface area contributed by atoms with Crippen LogP contribution in [0.15, 0.2) is 60.7 Å². The molecule has 0 amide bonds. The molecule has 4 heteroatoms. The SMILES string of the molecule is CC.Cc1ccc(Nc2nc(-c3ccccc3)nc3[nH]c(C)cc23)cc1. The molecule has 0 fully saturated rings. The topological polar surface area (TPSA) is 53.6 Å². The van der Waals surface area contributed by atoms with Crippen molar-refractivity contribution in [2.45, 2.75) is 27.7 Å². The highest BCUT2D eigenvalue weighted by Crippen LogP contribution is 2.27. The third kappa shape index (κ3) is 3.75. The molecule has 132 valence electrons. The molecular weight excluding hydrogens is 320 g/mol. The van der Waals surface area contributed by atoms with E-state index in [1.54, 1.807) is 0 Å². The van der Waals surface area contributed by atoms with Crippen LogP contribution in [0.1, 0.15) is 25.1 Å². The van der Waals surface area contributed by atoms with Gasteiger partial charge in [0.15, 0.2) is 5.82 Å². The van der Waals surface area contributed by atoms with Gasteiger partial charge >= 0.3 is 0 Å². The van der Waals surface area contributed by atoms with Crippen molar-refractivity contribution in [2.24, 2.45) is 0 Å². The first-order chi connectivity index (χ1) is 12.7. The highest BCUT2D eigenvalue weighted by Gasteiger charge is 2.11. The molecule has 0 saturated carbocycles. The van der Waals surface area contributed by atoms with E-state index in [9.17, 15) is 0 Å². The van der Waals surface area contributed by atoms with Gasteiger partial charge in [-0.25, -0.2) is 9.97 Å². The molecule has 0 aliphatic carbocycles. The van der Waals surface area contributed by atoms with Crippen LogP contribution in [0.2, 0.25) is 0 Å². The molecule has 4 nitrogen and oxygen atoms in total. The number of anilines is 2. The van der Waals surface area contributed by atoms with Crippen molar-refractivity contribution in [1.29, 1.82) is 0 Å². The Balaban J connectivity index is 0.000000948. The van der Waals surface area contributed by atoms with Crippen molar-refractivity contribution in [3.05, 3.63) is 71.9 Å². The molecule has 0 saturated heterocycles. The number of nitrogens with one attached hydrogen (secondary N) is 2. The number of hydrogen-bond donors (Lipinski definition) is 2. The molecule has 0 aliphatic rings. The van der Waals surface area contributed by atoms with Crippen LogP contribution in [0.5, 0.6) is 0 Å². The van der Waals surface area contributed by atoms with E-state index in [-0.39, 0.29) is 0 Å². The zero-order valence-electron chi connectivity index (χ0n) is 15.7. The lowest BCUT2D eigenvalue weighted by atomic mass is 10.2. The zero-order valence-corrected chi connectivity index (χ0v) is 15.7. The fourth-order valence-electron chi connectivity index (χ4n) is 2.73. The summed E-state index contributed by atoms with van der Waals surface area (Å²) in [6.07, 6.45) is 0. The number of H-pyrrole nitrogens is 1. The lowest BCUT2D eigenvalue weighted by Gasteiger charge is -2.09. The predicted molar refractivity (Wildman–Crippen MR) is 110 cm³/mol. The number of hydrogen-bond acceptors (Lipinski definition) is 3. The largest absolute Gasteiger partial charge is 0.343 e. The van der Waals surface area contributed by atoms with Crippen molar-refractivity contribution in [3.63, 3.8) is 0 Å². The van der Waals surface area contributed by atoms with E-state index in [2.05, 4.69) is 52.5 Å². The second kappa shape index (κ2) is 7.83. The van der Waals surface area contributed by atoms with Crippen LogP contribution >= 0.6 is 0 Å². The van der Waals surface area contributed by atoms with E-state index in [0.717, 1.165) is 33.8 Å². The predicted octanol–water partition coefficient (Wildman–Crippen LogP) is 6.01. The maximum atomic E-state index is 4.76. The summed E-state index contributed by atoms with van der Waals surface area (Å²) in [6.45, 7) is 8.11. The maximum absolute atomic E-state index is 4.76. The number of benzene rings is 2. The number of fused-ring (bicyclic) bond motifs is 1. The summed E-state index contributed by atoms with van der Waals surface area (Å²) < 4.78 is 0. The van der Waals surface area contributed by atoms with Gasteiger partial charge in [0.05, 0.1) is 5.39 Å². The molecular formula is C22H24N4. The Morgan fingerprint density at radius 3 is 2.23 bits per heavy atom. The van der Waals surface area contributed by atoms with Gasteiger partial charge in [0.2, 0.25) is 0 Å². The van der Waals surface area contributed by atoms with Gasteiger partial charge in [-0.15, -0.1) is 0 Å². The molecule has 4 rings (SSSR count). The van der Waals surface area contributed by atoms with Gasteiger partial charge in [-0.1, -0.05) is 61.9 Å². The van der Waals surface area contributed by atoms with Crippen molar-refractivity contribution >= 4 is 22.5 Å². The summed E-state index contributed by atoms with van der Waals surface area (Å²) in [5.41, 5.74) is 5.15. The van der Waals surface area contributed by atoms with Crippen LogP contribution in [-0.2, 0) is 0 Å². The molecule has 2 heterocycles. The molecule has 0 bridgehead atoms. The Morgan fingerprint density at radius 1 is 0.846 bits per heavy atom. The highest BCUT2D eigenvalue weighted by molar-refractivity contribution is 5.91. The zero-order chi connectivity index (χ0) is 18.5. The number of aromatic amines is 1. The van der Waals surface area contributed by atoms with E-state index in [1.165, 1.54) is 5.56 Å². The summed E-state index contributed by atoms with van der Waals surface area (Å²) in [5.74, 6) is 1.52. The van der Waals surface area contributed by atoms with Gasteiger partial charge in [-0.2, -0.15) is 0 Å². The molecule has 0 radical (unpaired) electrons. The standard InChI is InChI=1S/C20H18N4.C2H6/c1-13-8-10-16(11-9-13)22-20-17-12-14(2)21-19(17)23-18(24-20)15-6-4-3-5-7-15;1-2/h3-12H,1-2H3,(H2,21,22,23,24);1-2H3. The van der Waals surface area contributed by atoms with Crippen LogP contribution in [0.4, 0.5) is 11.5 Å². The first-order valence-corrected chi connectivity index (χ1v) is 8.95. The van der Waals surface area contributed by atoms with Gasteiger partial charge in [0, 0.05) is 16.9 Å². The first kappa shape index (κ1) is 17.7. The van der Waals surface area contributed by atoms with Gasteiger partial charge in [-0.3, -0.25) is 0 Å². The summed E-state index contributed by atoms with van der Waals surface area (Å²) in [5, 5.41) is 4.42. The third-order valence-corrected chi connectivity index (χ3v) is 3.97. The van der Waals surface area contributed by atoms with E-state index < -0.39 is 0 Å². The van der Waals surface area contributed by atoms with E-state index in [1.807, 2.05) is 51.1 Å². The first-order valence-electron chi connectivity index (χ1n) is 8.95. The van der Waals surface area contributed by atoms with Crippen molar-refractivity contribution in [1.82, 2.24) is 15.0 Å². The molecule has 0 aliphatic heterocycles. The smallest absolute Gasteiger partial charge is 0.163 e. The monoisotopic (exact) mass is 344 g/mol. The summed E-state index contributed by atoms with van der Waals surface area (Å²) >= 11 is 0. The molecule has 4 aromatic rings. The summed E-state index contributed by atoms with van der Waals surface area (Å²) in [7, 11) is 0. The molecule has 0 spiro atoms. The number of aryl methyl sites for hydroxylation is 2. The van der Waals surface area contributed by atoms with Crippen LogP contribution in [0, 0.1) is 13.8 Å². The lowest BCUT2D eigenvalue weighted by molar-refractivity contribution is 1.19. The van der Waals surface area contributed by atoms with Gasteiger partial charge in [0.1, 0.15) is 11.5 Å². The fourth-order valence-corrected chi connectivity index (χ4v) is 2.73. The Hall–Kier alpha value is -3.14. The minimum absolute atomic E-state index is 0.708. The minimum atomic E-state index is 0.708. The third-order valence-electron chi connectivity index (χ3n) is 3.97. The normalized spacial score (nSPS) is 10.3. The summed E-state index contributed by atoms with van der Waals surface area (Å²) in [6, 6.07) is 20.4. The molecule has 2 aromatic heterocycles. The van der Waals surface area contributed by atoms with Crippen molar-refractivity contribution < 1.29 is 0 Å². The molecule has 26 heavy (non-hydrogen) atoms. The quantitative estimate of drug-likeness (QED) is 0.478. The molecule has 2 aromatic carbocycles. The van der Waals surface area contributed by atoms with Crippen LogP contribution < -0.4 is 5.32 Å². The average Bonchev–Trinajstić information content (AvgIpc) is 3.06. The summed E-state index contributed by atoms with van der Waals surface area (Å²) in [4.78, 5) is 12.7. The van der Waals surface area contributed by atoms with Gasteiger partial charge in [0.25, 0.3) is 0 Å². The van der Waals surface area contributed by atoms with Crippen LogP contribution in [0.3, 0.4) is 0 Å². The van der Waals surface area contributed by atoms with E-state index in [4.69, 9.17) is 4.98 Å². The van der Waals surface area contributed by atoms with E-state index >= 15 is 0 Å². The molecule has 2 N–H and O–H groups in total. The Kier molecular flexibility index (Phi) is 5.32. The Labute approximate surface area is 154 Å². The average molecular weight is 344 g/mol.